The predicted molar refractivity (Wildman–Crippen MR) is 303 cm³/mol. The second-order valence-electron chi connectivity index (χ2n) is 19.3. The van der Waals surface area contributed by atoms with Crippen molar-refractivity contribution in [2.24, 2.45) is 0 Å². The summed E-state index contributed by atoms with van der Waals surface area (Å²) >= 11 is 0. The maximum absolute atomic E-state index is 17.4. The fourth-order valence-corrected chi connectivity index (χ4v) is 11.9. The fraction of sp³-hybridized carbons (Fsp3) is 0.104. The van der Waals surface area contributed by atoms with E-state index in [9.17, 15) is 0 Å². The SMILES string of the molecule is C.Cc1cc(C)c(B(c2c(C)cc(C)cc2C)c2cc3c4cccc5c4c(cc3c3ccccc23)-c2ccc(N(c3ccccc3)c3c(F)cc(-c4ccccc4)cc3-c3ccccc3)cc2O5)c(C)c1. The number of para-hydroxylation sites is 1. The van der Waals surface area contributed by atoms with Crippen molar-refractivity contribution in [2.45, 2.75) is 49.0 Å². The number of benzene rings is 11. The van der Waals surface area contributed by atoms with Crippen molar-refractivity contribution in [3.05, 3.63) is 239 Å². The van der Waals surface area contributed by atoms with Crippen LogP contribution in [-0.2, 0) is 0 Å². The van der Waals surface area contributed by atoms with Gasteiger partial charge in [0.25, 0.3) is 0 Å². The third kappa shape index (κ3) is 7.66. The summed E-state index contributed by atoms with van der Waals surface area (Å²) in [6, 6.07) is 70.0. The lowest BCUT2D eigenvalue weighted by Gasteiger charge is -2.30. The van der Waals surface area contributed by atoms with Crippen LogP contribution in [0.4, 0.5) is 21.5 Å². The van der Waals surface area contributed by atoms with E-state index in [0.29, 0.717) is 5.69 Å². The molecule has 0 spiro atoms. The molecule has 0 aromatic heterocycles. The third-order valence-electron chi connectivity index (χ3n) is 14.6. The van der Waals surface area contributed by atoms with Gasteiger partial charge in [0.2, 0.25) is 6.71 Å². The van der Waals surface area contributed by atoms with Crippen LogP contribution in [0.5, 0.6) is 11.5 Å². The van der Waals surface area contributed by atoms with E-state index in [1.807, 2.05) is 83.8 Å². The molecule has 11 aromatic carbocycles. The normalized spacial score (nSPS) is 11.6. The van der Waals surface area contributed by atoms with Crippen LogP contribution in [0.15, 0.2) is 200 Å². The largest absolute Gasteiger partial charge is 0.456 e. The van der Waals surface area contributed by atoms with Crippen molar-refractivity contribution in [1.82, 2.24) is 0 Å². The standard InChI is InChI=1S/C66H51BFNO.CH4/c1-40-31-42(3)64(43(4)32-40)67(65-44(5)33-41(2)34-45(65)6)59-39-57-54-27-18-28-61-63(54)58(38-56(57)51-25-16-17-26-52(51)59)53-30-29-50(37-62(53)70-61)69(49-23-14-9-15-24-49)66-55(47-21-12-8-13-22-47)35-48(36-60(66)68)46-19-10-7-11-20-46;/h7-39H,1-6H3;1H4. The second-order valence-corrected chi connectivity index (χ2v) is 19.3. The topological polar surface area (TPSA) is 12.5 Å². The lowest BCUT2D eigenvalue weighted by Crippen LogP contribution is -2.56. The number of aryl methyl sites for hydroxylation is 6. The van der Waals surface area contributed by atoms with Crippen LogP contribution in [0, 0.1) is 47.4 Å². The Hall–Kier alpha value is -8.21. The number of anilines is 3. The molecular formula is C67H55BFNO. The molecule has 0 amide bonds. The smallest absolute Gasteiger partial charge is 0.243 e. The molecule has 0 bridgehead atoms. The lowest BCUT2D eigenvalue weighted by atomic mass is 9.33. The van der Waals surface area contributed by atoms with Gasteiger partial charge in [-0.2, -0.15) is 0 Å². The molecule has 0 unspecified atom stereocenters. The number of hydrogen-bond acceptors (Lipinski definition) is 2. The van der Waals surface area contributed by atoms with E-state index in [1.165, 1.54) is 71.3 Å². The van der Waals surface area contributed by atoms with Gasteiger partial charge in [0.05, 0.1) is 11.4 Å². The molecule has 11 aromatic rings. The Morgan fingerprint density at radius 2 is 0.944 bits per heavy atom. The first kappa shape index (κ1) is 45.3. The molecule has 0 fully saturated rings. The van der Waals surface area contributed by atoms with Crippen LogP contribution in [-0.4, -0.2) is 6.71 Å². The Morgan fingerprint density at radius 3 is 1.58 bits per heavy atom. The van der Waals surface area contributed by atoms with Crippen molar-refractivity contribution >= 4 is 72.5 Å². The third-order valence-corrected chi connectivity index (χ3v) is 14.6. The van der Waals surface area contributed by atoms with Gasteiger partial charge in [-0.3, -0.25) is 0 Å². The highest BCUT2D eigenvalue weighted by atomic mass is 19.1. The maximum Gasteiger partial charge on any atom is 0.243 e. The van der Waals surface area contributed by atoms with Crippen LogP contribution in [0.2, 0.25) is 0 Å². The van der Waals surface area contributed by atoms with Crippen molar-refractivity contribution < 1.29 is 9.13 Å². The van der Waals surface area contributed by atoms with Gasteiger partial charge in [0, 0.05) is 28.3 Å². The molecule has 4 heteroatoms. The number of nitrogens with zero attached hydrogens (tertiary/aromatic N) is 1. The Balaban J connectivity index is 0.00000547. The first-order valence-electron chi connectivity index (χ1n) is 24.3. The Bertz CT molecular complexity index is 3780. The highest BCUT2D eigenvalue weighted by molar-refractivity contribution is 6.98. The number of fused-ring (bicyclic) bond motifs is 6. The van der Waals surface area contributed by atoms with Crippen molar-refractivity contribution in [2.75, 3.05) is 4.90 Å². The van der Waals surface area contributed by atoms with Gasteiger partial charge in [-0.1, -0.05) is 203 Å². The van der Waals surface area contributed by atoms with Gasteiger partial charge >= 0.3 is 0 Å². The zero-order valence-electron chi connectivity index (χ0n) is 40.4. The predicted octanol–water partition coefficient (Wildman–Crippen LogP) is 16.9. The minimum absolute atomic E-state index is 0. The summed E-state index contributed by atoms with van der Waals surface area (Å²) in [7, 11) is 0. The quantitative estimate of drug-likeness (QED) is 0.111. The van der Waals surface area contributed by atoms with Crippen LogP contribution < -0.4 is 26.0 Å². The summed E-state index contributed by atoms with van der Waals surface area (Å²) in [5.41, 5.74) is 19.5. The molecule has 344 valence electrons. The molecule has 0 N–H and O–H groups in total. The molecule has 0 atom stereocenters. The lowest BCUT2D eigenvalue weighted by molar-refractivity contribution is 0.487. The van der Waals surface area contributed by atoms with E-state index < -0.39 is 0 Å². The molecule has 1 heterocycles. The van der Waals surface area contributed by atoms with Gasteiger partial charge in [0.15, 0.2) is 0 Å². The maximum atomic E-state index is 17.4. The second kappa shape index (κ2) is 18.0. The molecule has 0 radical (unpaired) electrons. The fourth-order valence-electron chi connectivity index (χ4n) is 11.9. The van der Waals surface area contributed by atoms with Crippen molar-refractivity contribution in [1.29, 1.82) is 0 Å². The average molecular weight is 920 g/mol. The summed E-state index contributed by atoms with van der Waals surface area (Å²) in [6.07, 6.45) is 0. The van der Waals surface area contributed by atoms with E-state index in [1.54, 1.807) is 6.07 Å². The van der Waals surface area contributed by atoms with Gasteiger partial charge in [-0.05, 0) is 139 Å². The average Bonchev–Trinajstić information content (AvgIpc) is 3.36. The molecule has 0 saturated heterocycles. The molecule has 71 heavy (non-hydrogen) atoms. The highest BCUT2D eigenvalue weighted by Gasteiger charge is 2.32. The van der Waals surface area contributed by atoms with E-state index in [0.717, 1.165) is 67.0 Å². The van der Waals surface area contributed by atoms with E-state index in [2.05, 4.69) is 157 Å². The van der Waals surface area contributed by atoms with E-state index in [-0.39, 0.29) is 20.0 Å². The van der Waals surface area contributed by atoms with Crippen LogP contribution in [0.25, 0.3) is 65.7 Å². The molecule has 2 nitrogen and oxygen atoms in total. The minimum Gasteiger partial charge on any atom is -0.456 e. The molecule has 0 aliphatic carbocycles. The van der Waals surface area contributed by atoms with Crippen LogP contribution >= 0.6 is 0 Å². The monoisotopic (exact) mass is 919 g/mol. The van der Waals surface area contributed by atoms with E-state index >= 15 is 4.39 Å². The molecule has 1 aliphatic heterocycles. The number of hydrogen-bond donors (Lipinski definition) is 0. The summed E-state index contributed by atoms with van der Waals surface area (Å²) in [4.78, 5) is 2.03. The zero-order chi connectivity index (χ0) is 47.8. The van der Waals surface area contributed by atoms with E-state index in [4.69, 9.17) is 4.74 Å². The van der Waals surface area contributed by atoms with Gasteiger partial charge in [-0.25, -0.2) is 4.39 Å². The van der Waals surface area contributed by atoms with Gasteiger partial charge < -0.3 is 9.64 Å². The summed E-state index contributed by atoms with van der Waals surface area (Å²) in [6.45, 7) is 13.5. The first-order valence-corrected chi connectivity index (χ1v) is 24.3. The van der Waals surface area contributed by atoms with Crippen molar-refractivity contribution in [3.63, 3.8) is 0 Å². The zero-order valence-corrected chi connectivity index (χ0v) is 40.4. The first-order chi connectivity index (χ1) is 34.1. The Labute approximate surface area is 417 Å². The highest BCUT2D eigenvalue weighted by Crippen LogP contribution is 2.52. The molecular weight excluding hydrogens is 865 g/mol. The Morgan fingerprint density at radius 1 is 0.394 bits per heavy atom. The summed E-state index contributed by atoms with van der Waals surface area (Å²) < 4.78 is 24.4. The minimum atomic E-state index is -0.321. The molecule has 1 aliphatic rings. The number of ether oxygens (including phenoxy) is 1. The van der Waals surface area contributed by atoms with Crippen LogP contribution in [0.3, 0.4) is 0 Å². The summed E-state index contributed by atoms with van der Waals surface area (Å²) in [5, 5.41) is 7.11. The summed E-state index contributed by atoms with van der Waals surface area (Å²) in [5.74, 6) is 1.20. The van der Waals surface area contributed by atoms with Crippen LogP contribution in [0.1, 0.15) is 40.8 Å². The number of halogens is 1. The molecule has 0 saturated carbocycles. The van der Waals surface area contributed by atoms with Crippen molar-refractivity contribution in [3.8, 4) is 44.9 Å². The number of rotatable bonds is 8. The van der Waals surface area contributed by atoms with Gasteiger partial charge in [0.1, 0.15) is 17.3 Å². The Kier molecular flexibility index (Phi) is 11.4. The molecule has 12 rings (SSSR count). The van der Waals surface area contributed by atoms with Gasteiger partial charge in [-0.15, -0.1) is 0 Å².